The van der Waals surface area contributed by atoms with E-state index in [2.05, 4.69) is 20.9 Å². The number of nitrogens with one attached hydrogen (secondary N) is 1. The minimum Gasteiger partial charge on any atom is -0.358 e. The number of hydrogen-bond donors (Lipinski definition) is 1. The number of hydrogen-bond acceptors (Lipinski definition) is 2. The first-order valence-corrected chi connectivity index (χ1v) is 10.7. The minimum absolute atomic E-state index is 0.250. The predicted octanol–water partition coefficient (Wildman–Crippen LogP) is 4.38. The largest absolute Gasteiger partial charge is 0.358 e. The van der Waals surface area contributed by atoms with E-state index in [9.17, 15) is 12.8 Å². The molecule has 4 rings (SSSR count). The van der Waals surface area contributed by atoms with Crippen LogP contribution in [0.15, 0.2) is 45.8 Å². The third kappa shape index (κ3) is 2.88. The summed E-state index contributed by atoms with van der Waals surface area (Å²) in [5.41, 5.74) is 3.48. The number of rotatable bonds is 3. The Morgan fingerprint density at radius 2 is 2.04 bits per heavy atom. The second kappa shape index (κ2) is 6.48. The molecule has 2 aromatic carbocycles. The Morgan fingerprint density at radius 3 is 2.81 bits per heavy atom. The summed E-state index contributed by atoms with van der Waals surface area (Å²) >= 11 is 3.40. The number of aryl methyl sites for hydroxylation is 1. The first-order chi connectivity index (χ1) is 12.4. The Labute approximate surface area is 160 Å². The topological polar surface area (TPSA) is 53.2 Å². The van der Waals surface area contributed by atoms with Gasteiger partial charge in [-0.1, -0.05) is 22.9 Å². The van der Waals surface area contributed by atoms with Gasteiger partial charge in [0.15, 0.2) is 0 Å². The molecule has 3 aromatic rings. The van der Waals surface area contributed by atoms with E-state index in [0.29, 0.717) is 24.3 Å². The third-order valence-electron chi connectivity index (χ3n) is 4.92. The molecule has 0 unspecified atom stereocenters. The van der Waals surface area contributed by atoms with Crippen LogP contribution in [0, 0.1) is 5.82 Å². The monoisotopic (exact) mass is 436 g/mol. The number of aromatic amines is 1. The van der Waals surface area contributed by atoms with Gasteiger partial charge in [0.2, 0.25) is 10.0 Å². The van der Waals surface area contributed by atoms with Crippen LogP contribution in [0.1, 0.15) is 23.7 Å². The summed E-state index contributed by atoms with van der Waals surface area (Å²) < 4.78 is 42.5. The molecule has 26 heavy (non-hydrogen) atoms. The van der Waals surface area contributed by atoms with Crippen molar-refractivity contribution in [1.82, 2.24) is 9.29 Å². The van der Waals surface area contributed by atoms with Crippen LogP contribution in [0.4, 0.5) is 4.39 Å². The van der Waals surface area contributed by atoms with E-state index in [0.717, 1.165) is 32.2 Å². The van der Waals surface area contributed by atoms with Crippen LogP contribution in [-0.2, 0) is 29.4 Å². The highest BCUT2D eigenvalue weighted by Crippen LogP contribution is 2.32. The van der Waals surface area contributed by atoms with Crippen molar-refractivity contribution in [2.75, 3.05) is 6.54 Å². The molecule has 0 saturated heterocycles. The summed E-state index contributed by atoms with van der Waals surface area (Å²) in [5.74, 6) is -0.319. The molecular weight excluding hydrogens is 419 g/mol. The minimum atomic E-state index is -3.62. The van der Waals surface area contributed by atoms with E-state index in [1.54, 1.807) is 18.2 Å². The molecule has 0 amide bonds. The maximum Gasteiger partial charge on any atom is 0.243 e. The number of aromatic nitrogens is 1. The average Bonchev–Trinajstić information content (AvgIpc) is 2.98. The fourth-order valence-electron chi connectivity index (χ4n) is 3.58. The van der Waals surface area contributed by atoms with Crippen molar-refractivity contribution in [2.24, 2.45) is 0 Å². The lowest BCUT2D eigenvalue weighted by atomic mass is 10.1. The second-order valence-electron chi connectivity index (χ2n) is 6.47. The normalized spacial score (nSPS) is 15.3. The summed E-state index contributed by atoms with van der Waals surface area (Å²) in [5, 5.41) is 0.756. The van der Waals surface area contributed by atoms with Crippen LogP contribution in [0.3, 0.4) is 0 Å². The lowest BCUT2D eigenvalue weighted by Crippen LogP contribution is -2.36. The highest BCUT2D eigenvalue weighted by Gasteiger charge is 2.31. The zero-order chi connectivity index (χ0) is 18.5. The van der Waals surface area contributed by atoms with Gasteiger partial charge in [-0.15, -0.1) is 0 Å². The number of halogens is 2. The summed E-state index contributed by atoms with van der Waals surface area (Å²) in [6, 6.07) is 9.84. The Hall–Kier alpha value is -1.70. The van der Waals surface area contributed by atoms with Gasteiger partial charge < -0.3 is 4.98 Å². The van der Waals surface area contributed by atoms with E-state index >= 15 is 0 Å². The lowest BCUT2D eigenvalue weighted by molar-refractivity contribution is 0.391. The quantitative estimate of drug-likeness (QED) is 0.662. The van der Waals surface area contributed by atoms with Crippen molar-refractivity contribution in [3.8, 4) is 0 Å². The molecule has 7 heteroatoms. The maximum absolute atomic E-state index is 13.7. The molecule has 4 nitrogen and oxygen atoms in total. The molecule has 2 heterocycles. The molecule has 0 aliphatic carbocycles. The summed E-state index contributed by atoms with van der Waals surface area (Å²) in [4.78, 5) is 3.64. The van der Waals surface area contributed by atoms with Gasteiger partial charge >= 0.3 is 0 Å². The number of benzene rings is 2. The van der Waals surface area contributed by atoms with Gasteiger partial charge in [0.25, 0.3) is 0 Å². The number of H-pyrrole nitrogens is 1. The molecular formula is C19H18BrFN2O2S. The van der Waals surface area contributed by atoms with E-state index < -0.39 is 10.0 Å². The SMILES string of the molecule is CCc1cc(Br)ccc1S(=O)(=O)N1CCc2[nH]c3ccc(F)cc3c2C1. The van der Waals surface area contributed by atoms with E-state index in [4.69, 9.17) is 0 Å². The Balaban J connectivity index is 1.76. The van der Waals surface area contributed by atoms with Crippen LogP contribution in [-0.4, -0.2) is 24.3 Å². The van der Waals surface area contributed by atoms with Gasteiger partial charge in [0.1, 0.15) is 5.82 Å². The molecule has 1 aliphatic rings. The lowest BCUT2D eigenvalue weighted by Gasteiger charge is -2.27. The maximum atomic E-state index is 13.7. The molecule has 0 saturated carbocycles. The zero-order valence-electron chi connectivity index (χ0n) is 14.2. The molecule has 0 atom stereocenters. The average molecular weight is 437 g/mol. The number of fused-ring (bicyclic) bond motifs is 3. The number of nitrogens with zero attached hydrogens (tertiary/aromatic N) is 1. The van der Waals surface area contributed by atoms with Crippen molar-refractivity contribution in [2.45, 2.75) is 31.2 Å². The van der Waals surface area contributed by atoms with Crippen LogP contribution in [0.25, 0.3) is 10.9 Å². The third-order valence-corrected chi connectivity index (χ3v) is 7.36. The van der Waals surface area contributed by atoms with Crippen molar-refractivity contribution in [3.05, 3.63) is 63.5 Å². The van der Waals surface area contributed by atoms with Gasteiger partial charge in [-0.25, -0.2) is 12.8 Å². The Bertz CT molecular complexity index is 1110. The van der Waals surface area contributed by atoms with Crippen molar-refractivity contribution in [3.63, 3.8) is 0 Å². The molecule has 1 aliphatic heterocycles. The Morgan fingerprint density at radius 1 is 1.23 bits per heavy atom. The predicted molar refractivity (Wildman–Crippen MR) is 103 cm³/mol. The first kappa shape index (κ1) is 17.7. The molecule has 1 aromatic heterocycles. The standard InChI is InChI=1S/C19H18BrFN2O2S/c1-2-12-9-13(20)3-6-19(12)26(24,25)23-8-7-18-16(11-23)15-10-14(21)4-5-17(15)22-18/h3-6,9-10,22H,2,7-8,11H2,1H3. The van der Waals surface area contributed by atoms with E-state index in [1.165, 1.54) is 16.4 Å². The van der Waals surface area contributed by atoms with Gasteiger partial charge in [0, 0.05) is 40.6 Å². The number of sulfonamides is 1. The fraction of sp³-hybridized carbons (Fsp3) is 0.263. The molecule has 0 fully saturated rings. The zero-order valence-corrected chi connectivity index (χ0v) is 16.6. The van der Waals surface area contributed by atoms with Crippen LogP contribution in [0.5, 0.6) is 0 Å². The molecule has 1 N–H and O–H groups in total. The van der Waals surface area contributed by atoms with E-state index in [-0.39, 0.29) is 12.4 Å². The molecule has 0 bridgehead atoms. The Kier molecular flexibility index (Phi) is 4.41. The fourth-order valence-corrected chi connectivity index (χ4v) is 5.67. The van der Waals surface area contributed by atoms with Crippen LogP contribution >= 0.6 is 15.9 Å². The highest BCUT2D eigenvalue weighted by atomic mass is 79.9. The van der Waals surface area contributed by atoms with Crippen molar-refractivity contribution >= 4 is 36.9 Å². The summed E-state index contributed by atoms with van der Waals surface area (Å²) in [6.45, 7) is 2.60. The van der Waals surface area contributed by atoms with Gasteiger partial charge in [0.05, 0.1) is 4.90 Å². The van der Waals surface area contributed by atoms with Gasteiger partial charge in [-0.3, -0.25) is 0 Å². The second-order valence-corrected chi connectivity index (χ2v) is 9.29. The van der Waals surface area contributed by atoms with E-state index in [1.807, 2.05) is 13.0 Å². The summed E-state index contributed by atoms with van der Waals surface area (Å²) in [6.07, 6.45) is 1.22. The highest BCUT2D eigenvalue weighted by molar-refractivity contribution is 9.10. The molecule has 0 spiro atoms. The van der Waals surface area contributed by atoms with Crippen LogP contribution < -0.4 is 0 Å². The van der Waals surface area contributed by atoms with Crippen molar-refractivity contribution < 1.29 is 12.8 Å². The smallest absolute Gasteiger partial charge is 0.243 e. The molecule has 0 radical (unpaired) electrons. The van der Waals surface area contributed by atoms with Crippen molar-refractivity contribution in [1.29, 1.82) is 0 Å². The summed E-state index contributed by atoms with van der Waals surface area (Å²) in [7, 11) is -3.62. The molecule has 136 valence electrons. The van der Waals surface area contributed by atoms with Crippen LogP contribution in [0.2, 0.25) is 0 Å². The van der Waals surface area contributed by atoms with Gasteiger partial charge in [-0.2, -0.15) is 4.31 Å². The van der Waals surface area contributed by atoms with Gasteiger partial charge in [-0.05, 0) is 53.9 Å². The first-order valence-electron chi connectivity index (χ1n) is 8.47.